The van der Waals surface area contributed by atoms with Gasteiger partial charge < -0.3 is 30.2 Å². The van der Waals surface area contributed by atoms with Crippen LogP contribution in [0.15, 0.2) is 88.3 Å². The van der Waals surface area contributed by atoms with Gasteiger partial charge in [0.15, 0.2) is 0 Å². The van der Waals surface area contributed by atoms with E-state index in [1.807, 2.05) is 0 Å². The molecule has 0 atom stereocenters. The molecule has 0 aliphatic heterocycles. The summed E-state index contributed by atoms with van der Waals surface area (Å²) in [7, 11) is 0. The van der Waals surface area contributed by atoms with Gasteiger partial charge in [0, 0.05) is 19.6 Å². The third-order valence-corrected chi connectivity index (χ3v) is 7.30. The van der Waals surface area contributed by atoms with Crippen molar-refractivity contribution in [1.29, 1.82) is 0 Å². The van der Waals surface area contributed by atoms with E-state index in [9.17, 15) is 29.1 Å². The minimum atomic E-state index is -1.10. The Labute approximate surface area is 277 Å². The molecule has 15 nitrogen and oxygen atoms in total. The zero-order chi connectivity index (χ0) is 34.6. The fourth-order valence-corrected chi connectivity index (χ4v) is 4.50. The number of hydrogen-bond donors (Lipinski definition) is 3. The SMILES string of the molecule is CCC(COC(=O)NCc1cccc(CN=O)c1)(COC(=O)NCc1cccc(CN=O)c1)COC(=O)NCc1cccc(CN=O)c1. The minimum absolute atomic E-state index is 0.00648. The van der Waals surface area contributed by atoms with Crippen LogP contribution in [0.25, 0.3) is 0 Å². The average Bonchev–Trinajstić information content (AvgIpc) is 3.10. The van der Waals surface area contributed by atoms with Crippen molar-refractivity contribution in [2.75, 3.05) is 19.8 Å². The van der Waals surface area contributed by atoms with E-state index in [2.05, 4.69) is 31.5 Å². The molecule has 3 aromatic rings. The molecule has 0 bridgehead atoms. The Kier molecular flexibility index (Phi) is 15.1. The Morgan fingerprint density at radius 1 is 0.542 bits per heavy atom. The van der Waals surface area contributed by atoms with Crippen LogP contribution >= 0.6 is 0 Å². The number of carbonyl (C=O) groups is 3. The normalized spacial score (nSPS) is 10.7. The van der Waals surface area contributed by atoms with E-state index < -0.39 is 23.7 Å². The van der Waals surface area contributed by atoms with Crippen LogP contribution in [0.4, 0.5) is 14.4 Å². The van der Waals surface area contributed by atoms with E-state index in [1.54, 1.807) is 79.7 Å². The van der Waals surface area contributed by atoms with Crippen LogP contribution in [-0.4, -0.2) is 38.1 Å². The number of rotatable bonds is 19. The van der Waals surface area contributed by atoms with Crippen molar-refractivity contribution in [3.8, 4) is 0 Å². The second kappa shape index (κ2) is 19.7. The fourth-order valence-electron chi connectivity index (χ4n) is 4.50. The molecule has 0 aromatic heterocycles. The van der Waals surface area contributed by atoms with Gasteiger partial charge in [0.25, 0.3) is 0 Å². The zero-order valence-corrected chi connectivity index (χ0v) is 26.5. The molecule has 3 amide bonds. The Hall–Kier alpha value is -5.73. The van der Waals surface area contributed by atoms with Gasteiger partial charge >= 0.3 is 18.3 Å². The van der Waals surface area contributed by atoms with E-state index in [0.29, 0.717) is 23.1 Å². The van der Waals surface area contributed by atoms with Crippen LogP contribution in [0.5, 0.6) is 0 Å². The summed E-state index contributed by atoms with van der Waals surface area (Å²) >= 11 is 0. The summed E-state index contributed by atoms with van der Waals surface area (Å²) in [4.78, 5) is 69.7. The highest BCUT2D eigenvalue weighted by molar-refractivity contribution is 5.68. The maximum Gasteiger partial charge on any atom is 0.407 e. The zero-order valence-electron chi connectivity index (χ0n) is 26.5. The first-order chi connectivity index (χ1) is 23.3. The van der Waals surface area contributed by atoms with E-state index in [1.165, 1.54) is 0 Å². The largest absolute Gasteiger partial charge is 0.449 e. The fraction of sp³-hybridized carbons (Fsp3) is 0.364. The Bertz CT molecular complexity index is 1370. The lowest BCUT2D eigenvalue weighted by Crippen LogP contribution is -2.42. The first kappa shape index (κ1) is 36.7. The molecule has 15 heteroatoms. The Morgan fingerprint density at radius 2 is 0.833 bits per heavy atom. The predicted octanol–water partition coefficient (Wildman–Crippen LogP) is 5.96. The standard InChI is InChI=1S/C33H38N6O9/c1-2-33(21-46-30(40)34-15-24-6-3-9-27(12-24)18-37-43,22-47-31(41)35-16-25-7-4-10-28(13-25)19-38-44)23-48-32(42)36-17-26-8-5-11-29(14-26)20-39-45/h3-14H,2,15-23H2,1H3,(H,34,40)(H,35,41)(H,36,42). The van der Waals surface area contributed by atoms with Crippen LogP contribution in [0.2, 0.25) is 0 Å². The number of nitrogens with zero attached hydrogens (tertiary/aromatic N) is 3. The topological polar surface area (TPSA) is 203 Å². The summed E-state index contributed by atoms with van der Waals surface area (Å²) in [6.07, 6.45) is -1.97. The second-order valence-electron chi connectivity index (χ2n) is 11.0. The molecular formula is C33H38N6O9. The summed E-state index contributed by atoms with van der Waals surface area (Å²) in [5, 5.41) is 16.5. The lowest BCUT2D eigenvalue weighted by molar-refractivity contribution is -0.0177. The monoisotopic (exact) mass is 662 g/mol. The molecule has 0 saturated carbocycles. The first-order valence-electron chi connectivity index (χ1n) is 15.1. The summed E-state index contributed by atoms with van der Waals surface area (Å²) < 4.78 is 16.4. The maximum atomic E-state index is 12.6. The number of benzene rings is 3. The van der Waals surface area contributed by atoms with Crippen molar-refractivity contribution in [3.05, 3.63) is 121 Å². The van der Waals surface area contributed by atoms with E-state index in [4.69, 9.17) is 14.2 Å². The maximum absolute atomic E-state index is 12.6. The van der Waals surface area contributed by atoms with Gasteiger partial charge in [-0.05, 0) is 39.8 Å². The molecule has 0 spiro atoms. The van der Waals surface area contributed by atoms with Gasteiger partial charge in [-0.3, -0.25) is 0 Å². The van der Waals surface area contributed by atoms with Gasteiger partial charge in [0.05, 0.1) is 5.41 Å². The number of hydrogen-bond acceptors (Lipinski definition) is 12. The molecule has 0 saturated heterocycles. The third-order valence-electron chi connectivity index (χ3n) is 7.30. The number of carbonyl (C=O) groups excluding carboxylic acids is 3. The van der Waals surface area contributed by atoms with Gasteiger partial charge in [0.2, 0.25) is 0 Å². The lowest BCUT2D eigenvalue weighted by atomic mass is 9.88. The van der Waals surface area contributed by atoms with Gasteiger partial charge in [-0.2, -0.15) is 14.7 Å². The Balaban J connectivity index is 1.60. The predicted molar refractivity (Wildman–Crippen MR) is 175 cm³/mol. The minimum Gasteiger partial charge on any atom is -0.449 e. The van der Waals surface area contributed by atoms with Crippen molar-refractivity contribution in [2.24, 2.45) is 20.9 Å². The second-order valence-corrected chi connectivity index (χ2v) is 11.0. The third kappa shape index (κ3) is 12.9. The first-order valence-corrected chi connectivity index (χ1v) is 15.1. The highest BCUT2D eigenvalue weighted by atomic mass is 16.6. The lowest BCUT2D eigenvalue weighted by Gasteiger charge is -2.31. The molecule has 0 aliphatic carbocycles. The van der Waals surface area contributed by atoms with Crippen LogP contribution < -0.4 is 16.0 Å². The molecule has 3 N–H and O–H groups in total. The highest BCUT2D eigenvalue weighted by Crippen LogP contribution is 2.25. The molecule has 48 heavy (non-hydrogen) atoms. The van der Waals surface area contributed by atoms with Crippen molar-refractivity contribution < 1.29 is 28.6 Å². The number of amides is 3. The van der Waals surface area contributed by atoms with Gasteiger partial charge in [0.1, 0.15) is 39.5 Å². The molecular weight excluding hydrogens is 624 g/mol. The van der Waals surface area contributed by atoms with Crippen molar-refractivity contribution in [2.45, 2.75) is 52.6 Å². The van der Waals surface area contributed by atoms with Gasteiger partial charge in [-0.15, -0.1) is 0 Å². The number of nitrogens with one attached hydrogen (secondary N) is 3. The smallest absolute Gasteiger partial charge is 0.407 e. The summed E-state index contributed by atoms with van der Waals surface area (Å²) in [5.74, 6) is 0. The van der Waals surface area contributed by atoms with Crippen LogP contribution in [0.1, 0.15) is 46.7 Å². The van der Waals surface area contributed by atoms with Gasteiger partial charge in [-0.1, -0.05) is 95.3 Å². The molecule has 0 aliphatic rings. The van der Waals surface area contributed by atoms with Crippen molar-refractivity contribution in [1.82, 2.24) is 16.0 Å². The van der Waals surface area contributed by atoms with E-state index in [-0.39, 0.29) is 59.1 Å². The average molecular weight is 663 g/mol. The highest BCUT2D eigenvalue weighted by Gasteiger charge is 2.34. The molecule has 0 unspecified atom stereocenters. The van der Waals surface area contributed by atoms with E-state index >= 15 is 0 Å². The number of nitroso groups, excluding NO2 is 3. The summed E-state index contributed by atoms with van der Waals surface area (Å²) in [6.45, 7) is 1.39. The quantitative estimate of drug-likeness (QED) is 0.102. The molecule has 0 radical (unpaired) electrons. The van der Waals surface area contributed by atoms with Crippen molar-refractivity contribution in [3.63, 3.8) is 0 Å². The Morgan fingerprint density at radius 3 is 1.10 bits per heavy atom. The van der Waals surface area contributed by atoms with Crippen molar-refractivity contribution >= 4 is 18.3 Å². The van der Waals surface area contributed by atoms with Gasteiger partial charge in [-0.25, -0.2) is 14.4 Å². The van der Waals surface area contributed by atoms with Crippen LogP contribution in [0.3, 0.4) is 0 Å². The summed E-state index contributed by atoms with van der Waals surface area (Å²) in [6, 6.07) is 21.0. The number of ether oxygens (including phenoxy) is 3. The van der Waals surface area contributed by atoms with E-state index in [0.717, 1.165) is 16.7 Å². The summed E-state index contributed by atoms with van der Waals surface area (Å²) in [5.41, 5.74) is 3.19. The molecule has 3 rings (SSSR count). The molecule has 3 aromatic carbocycles. The van der Waals surface area contributed by atoms with Crippen LogP contribution in [-0.2, 0) is 53.5 Å². The van der Waals surface area contributed by atoms with Crippen LogP contribution in [0, 0.1) is 20.1 Å². The molecule has 0 heterocycles. The number of alkyl carbamates (subject to hydrolysis) is 3. The molecule has 254 valence electrons. The molecule has 0 fully saturated rings.